The summed E-state index contributed by atoms with van der Waals surface area (Å²) in [7, 11) is 0. The maximum absolute atomic E-state index is 14.6. The molecule has 0 unspecified atom stereocenters. The Morgan fingerprint density at radius 2 is 1.94 bits per heavy atom. The molecule has 2 aromatic rings. The van der Waals surface area contributed by atoms with Gasteiger partial charge in [-0.1, -0.05) is 25.3 Å². The molecule has 0 spiro atoms. The molecule has 18 heavy (non-hydrogen) atoms. The zero-order valence-corrected chi connectivity index (χ0v) is 10.7. The van der Waals surface area contributed by atoms with Crippen molar-refractivity contribution in [3.8, 4) is 0 Å². The van der Waals surface area contributed by atoms with E-state index in [1.54, 1.807) is 0 Å². The first-order chi connectivity index (χ1) is 8.60. The normalized spacial score (nSPS) is 19.3. The van der Waals surface area contributed by atoms with Crippen molar-refractivity contribution in [1.29, 1.82) is 0 Å². The smallest absolute Gasteiger partial charge is 0.137 e. The third kappa shape index (κ3) is 1.74. The van der Waals surface area contributed by atoms with E-state index >= 15 is 0 Å². The number of aryl methyl sites for hydroxylation is 1. The van der Waals surface area contributed by atoms with Crippen LogP contribution in [0.25, 0.3) is 10.9 Å². The van der Waals surface area contributed by atoms with Gasteiger partial charge in [-0.05, 0) is 31.9 Å². The van der Waals surface area contributed by atoms with E-state index in [2.05, 4.69) is 4.98 Å². The molecule has 0 radical (unpaired) electrons. The molecular weight excluding hydrogens is 227 g/mol. The van der Waals surface area contributed by atoms with Crippen molar-refractivity contribution in [2.24, 2.45) is 5.73 Å². The predicted octanol–water partition coefficient (Wildman–Crippen LogP) is 3.73. The fourth-order valence-electron chi connectivity index (χ4n) is 3.14. The van der Waals surface area contributed by atoms with Gasteiger partial charge in [0.2, 0.25) is 0 Å². The van der Waals surface area contributed by atoms with Crippen LogP contribution in [0.5, 0.6) is 0 Å². The highest BCUT2D eigenvalue weighted by molar-refractivity contribution is 5.82. The molecule has 3 rings (SSSR count). The van der Waals surface area contributed by atoms with Gasteiger partial charge in [0, 0.05) is 27.7 Å². The van der Waals surface area contributed by atoms with Gasteiger partial charge in [0.1, 0.15) is 5.82 Å². The topological polar surface area (TPSA) is 41.8 Å². The van der Waals surface area contributed by atoms with Crippen molar-refractivity contribution in [1.82, 2.24) is 4.98 Å². The Morgan fingerprint density at radius 3 is 2.67 bits per heavy atom. The summed E-state index contributed by atoms with van der Waals surface area (Å²) in [5, 5.41) is 0.667. The maximum atomic E-state index is 14.6. The molecule has 0 aliphatic heterocycles. The van der Waals surface area contributed by atoms with Gasteiger partial charge in [-0.15, -0.1) is 0 Å². The van der Waals surface area contributed by atoms with E-state index in [4.69, 9.17) is 5.73 Å². The van der Waals surface area contributed by atoms with Gasteiger partial charge in [-0.3, -0.25) is 0 Å². The van der Waals surface area contributed by atoms with Crippen LogP contribution in [0.4, 0.5) is 4.39 Å². The van der Waals surface area contributed by atoms with Crippen molar-refractivity contribution in [2.75, 3.05) is 0 Å². The number of fused-ring (bicyclic) bond motifs is 1. The van der Waals surface area contributed by atoms with Crippen LogP contribution in [0.15, 0.2) is 18.2 Å². The Morgan fingerprint density at radius 1 is 1.22 bits per heavy atom. The van der Waals surface area contributed by atoms with E-state index in [-0.39, 0.29) is 5.82 Å². The van der Waals surface area contributed by atoms with Gasteiger partial charge < -0.3 is 10.7 Å². The van der Waals surface area contributed by atoms with E-state index in [9.17, 15) is 4.39 Å². The number of benzene rings is 1. The van der Waals surface area contributed by atoms with Gasteiger partial charge >= 0.3 is 0 Å². The molecule has 1 saturated carbocycles. The second-order valence-corrected chi connectivity index (χ2v) is 5.56. The van der Waals surface area contributed by atoms with E-state index in [1.165, 1.54) is 6.42 Å². The predicted molar refractivity (Wildman–Crippen MR) is 71.9 cm³/mol. The molecule has 1 aliphatic carbocycles. The lowest BCUT2D eigenvalue weighted by molar-refractivity contribution is 0.294. The van der Waals surface area contributed by atoms with E-state index in [1.807, 2.05) is 25.1 Å². The van der Waals surface area contributed by atoms with Crippen LogP contribution in [-0.2, 0) is 5.54 Å². The maximum Gasteiger partial charge on any atom is 0.137 e. The molecule has 0 saturated heterocycles. The largest absolute Gasteiger partial charge is 0.359 e. The molecule has 1 fully saturated rings. The highest BCUT2D eigenvalue weighted by atomic mass is 19.1. The summed E-state index contributed by atoms with van der Waals surface area (Å²) in [5.74, 6) is -0.138. The minimum atomic E-state index is -0.471. The zero-order chi connectivity index (χ0) is 12.8. The number of rotatable bonds is 1. The fraction of sp³-hybridized carbons (Fsp3) is 0.467. The summed E-state index contributed by atoms with van der Waals surface area (Å²) in [5.41, 5.74) is 8.48. The summed E-state index contributed by atoms with van der Waals surface area (Å²) in [4.78, 5) is 3.16. The Labute approximate surface area is 106 Å². The second-order valence-electron chi connectivity index (χ2n) is 5.56. The number of hydrogen-bond acceptors (Lipinski definition) is 1. The Balaban J connectivity index is 2.14. The third-order valence-electron chi connectivity index (χ3n) is 4.15. The number of aromatic amines is 1. The molecule has 2 nitrogen and oxygen atoms in total. The SMILES string of the molecule is Cc1cc2c(F)c(C3(N)CCCCC3)ccc2[nH]1. The van der Waals surface area contributed by atoms with Crippen LogP contribution in [0.2, 0.25) is 0 Å². The van der Waals surface area contributed by atoms with Gasteiger partial charge in [0.25, 0.3) is 0 Å². The van der Waals surface area contributed by atoms with Gasteiger partial charge in [-0.25, -0.2) is 4.39 Å². The number of nitrogens with two attached hydrogens (primary N) is 1. The number of H-pyrrole nitrogens is 1. The van der Waals surface area contributed by atoms with E-state index in [0.717, 1.165) is 36.9 Å². The van der Waals surface area contributed by atoms with Crippen LogP contribution < -0.4 is 5.73 Å². The minimum Gasteiger partial charge on any atom is -0.359 e. The highest BCUT2D eigenvalue weighted by Crippen LogP contribution is 2.37. The molecule has 1 aromatic carbocycles. The third-order valence-corrected chi connectivity index (χ3v) is 4.15. The lowest BCUT2D eigenvalue weighted by Gasteiger charge is -2.34. The number of halogens is 1. The molecule has 3 heteroatoms. The van der Waals surface area contributed by atoms with Crippen LogP contribution in [0, 0.1) is 12.7 Å². The molecular formula is C15H19FN2. The molecule has 0 bridgehead atoms. The van der Waals surface area contributed by atoms with Crippen molar-refractivity contribution in [3.05, 3.63) is 35.3 Å². The molecule has 96 valence electrons. The Hall–Kier alpha value is -1.35. The molecule has 0 amide bonds. The van der Waals surface area contributed by atoms with Crippen molar-refractivity contribution >= 4 is 10.9 Å². The summed E-state index contributed by atoms with van der Waals surface area (Å²) in [6.45, 7) is 1.94. The molecule has 3 N–H and O–H groups in total. The number of nitrogens with one attached hydrogen (secondary N) is 1. The molecule has 1 aliphatic rings. The summed E-state index contributed by atoms with van der Waals surface area (Å²) in [6.07, 6.45) is 5.18. The average Bonchev–Trinajstić information content (AvgIpc) is 2.72. The summed E-state index contributed by atoms with van der Waals surface area (Å²) in [6, 6.07) is 5.67. The lowest BCUT2D eigenvalue weighted by atomic mass is 9.77. The molecule has 1 aromatic heterocycles. The van der Waals surface area contributed by atoms with Crippen LogP contribution in [-0.4, -0.2) is 4.98 Å². The van der Waals surface area contributed by atoms with Crippen LogP contribution >= 0.6 is 0 Å². The average molecular weight is 246 g/mol. The molecule has 0 atom stereocenters. The Kier molecular flexibility index (Phi) is 2.67. The fourth-order valence-corrected chi connectivity index (χ4v) is 3.14. The van der Waals surface area contributed by atoms with Gasteiger partial charge in [0.15, 0.2) is 0 Å². The number of aromatic nitrogens is 1. The van der Waals surface area contributed by atoms with Crippen molar-refractivity contribution in [3.63, 3.8) is 0 Å². The van der Waals surface area contributed by atoms with E-state index in [0.29, 0.717) is 10.9 Å². The summed E-state index contributed by atoms with van der Waals surface area (Å²) < 4.78 is 14.6. The zero-order valence-electron chi connectivity index (χ0n) is 10.7. The summed E-state index contributed by atoms with van der Waals surface area (Å²) >= 11 is 0. The number of hydrogen-bond donors (Lipinski definition) is 2. The monoisotopic (exact) mass is 246 g/mol. The molecule has 1 heterocycles. The van der Waals surface area contributed by atoms with Crippen molar-refractivity contribution in [2.45, 2.75) is 44.6 Å². The van der Waals surface area contributed by atoms with E-state index < -0.39 is 5.54 Å². The van der Waals surface area contributed by atoms with Gasteiger partial charge in [-0.2, -0.15) is 0 Å². The quantitative estimate of drug-likeness (QED) is 0.791. The van der Waals surface area contributed by atoms with Gasteiger partial charge in [0.05, 0.1) is 0 Å². The first kappa shape index (κ1) is 11.7. The minimum absolute atomic E-state index is 0.138. The lowest BCUT2D eigenvalue weighted by Crippen LogP contribution is -2.39. The van der Waals surface area contributed by atoms with Crippen LogP contribution in [0.3, 0.4) is 0 Å². The Bertz CT molecular complexity index is 579. The first-order valence-corrected chi connectivity index (χ1v) is 6.67. The van der Waals surface area contributed by atoms with Crippen molar-refractivity contribution < 1.29 is 4.39 Å². The standard InChI is InChI=1S/C15H19FN2/c1-10-9-11-13(18-10)6-5-12(14(11)16)15(17)7-3-2-4-8-15/h5-6,9,18H,2-4,7-8,17H2,1H3. The first-order valence-electron chi connectivity index (χ1n) is 6.67. The van der Waals surface area contributed by atoms with Crippen LogP contribution in [0.1, 0.15) is 43.4 Å². The highest BCUT2D eigenvalue weighted by Gasteiger charge is 2.32. The second kappa shape index (κ2) is 4.09.